The molecular weight excluding hydrogens is 550 g/mol. The number of ether oxygens (including phenoxy) is 7. The summed E-state index contributed by atoms with van der Waals surface area (Å²) < 4.78 is 36.0. The molecule has 0 aliphatic carbocycles. The van der Waals surface area contributed by atoms with Crippen LogP contribution in [0.4, 0.5) is 14.4 Å². The van der Waals surface area contributed by atoms with Crippen molar-refractivity contribution < 1.29 is 52.3 Å². The molecule has 2 N–H and O–H groups in total. The van der Waals surface area contributed by atoms with Crippen LogP contribution in [0.5, 0.6) is 11.5 Å². The van der Waals surface area contributed by atoms with Crippen molar-refractivity contribution in [3.8, 4) is 11.5 Å². The number of methoxy groups -OCH3 is 1. The molecule has 0 radical (unpaired) electrons. The smallest absolute Gasteiger partial charge is 0.468 e. The molecule has 0 heterocycles. The van der Waals surface area contributed by atoms with E-state index in [1.807, 2.05) is 20.8 Å². The number of carbonyl (C=O) groups excluding carboxylic acids is 4. The van der Waals surface area contributed by atoms with E-state index in [1.54, 1.807) is 13.0 Å². The minimum atomic E-state index is -1.61. The topological polar surface area (TPSA) is 159 Å². The van der Waals surface area contributed by atoms with Crippen molar-refractivity contribution in [2.75, 3.05) is 26.9 Å². The van der Waals surface area contributed by atoms with Gasteiger partial charge in [-0.15, -0.1) is 0 Å². The summed E-state index contributed by atoms with van der Waals surface area (Å²) in [4.78, 5) is 49.2. The first kappa shape index (κ1) is 36.5. The van der Waals surface area contributed by atoms with Crippen LogP contribution in [0.1, 0.15) is 91.0 Å². The van der Waals surface area contributed by atoms with Crippen molar-refractivity contribution in [2.45, 2.75) is 104 Å². The number of rotatable bonds is 19. The fourth-order valence-electron chi connectivity index (χ4n) is 3.89. The van der Waals surface area contributed by atoms with Crippen molar-refractivity contribution in [2.24, 2.45) is 5.73 Å². The summed E-state index contributed by atoms with van der Waals surface area (Å²) in [6.07, 6.45) is 3.27. The average molecular weight is 598 g/mol. The Labute approximate surface area is 248 Å². The molecule has 0 aliphatic heterocycles. The summed E-state index contributed by atoms with van der Waals surface area (Å²) in [5.41, 5.74) is 5.25. The fourth-order valence-corrected chi connectivity index (χ4v) is 3.89. The van der Waals surface area contributed by atoms with Gasteiger partial charge < -0.3 is 38.9 Å². The Balaban J connectivity index is 3.05. The lowest BCUT2D eigenvalue weighted by Gasteiger charge is -2.26. The van der Waals surface area contributed by atoms with Crippen LogP contribution in [-0.4, -0.2) is 63.0 Å². The van der Waals surface area contributed by atoms with Crippen LogP contribution in [0.15, 0.2) is 18.2 Å². The molecule has 0 fully saturated rings. The minimum Gasteiger partial charge on any atom is -0.468 e. The predicted octanol–water partition coefficient (Wildman–Crippen LogP) is 6.24. The zero-order chi connectivity index (χ0) is 31.4. The van der Waals surface area contributed by atoms with E-state index in [4.69, 9.17) is 38.9 Å². The zero-order valence-electron chi connectivity index (χ0n) is 25.6. The number of nitrogens with two attached hydrogens (primary N) is 1. The van der Waals surface area contributed by atoms with Crippen LogP contribution < -0.4 is 15.2 Å². The van der Waals surface area contributed by atoms with Gasteiger partial charge in [-0.05, 0) is 43.9 Å². The predicted molar refractivity (Wildman–Crippen MR) is 154 cm³/mol. The van der Waals surface area contributed by atoms with Crippen molar-refractivity contribution in [1.82, 2.24) is 0 Å². The third kappa shape index (κ3) is 14.4. The van der Waals surface area contributed by atoms with Gasteiger partial charge in [0.25, 0.3) is 0 Å². The Bertz CT molecular complexity index is 984. The normalized spacial score (nSPS) is 12.8. The fraction of sp³-hybridized carbons (Fsp3) is 0.667. The molecule has 2 atom stereocenters. The number of carbonyl (C=O) groups is 4. The minimum absolute atomic E-state index is 0.0854. The van der Waals surface area contributed by atoms with Gasteiger partial charge in [0.15, 0.2) is 11.5 Å². The molecule has 0 amide bonds. The molecule has 12 heteroatoms. The van der Waals surface area contributed by atoms with Crippen molar-refractivity contribution in [1.29, 1.82) is 0 Å². The molecule has 0 saturated carbocycles. The zero-order valence-corrected chi connectivity index (χ0v) is 25.6. The van der Waals surface area contributed by atoms with Gasteiger partial charge in [0, 0.05) is 12.8 Å². The standard InChI is InChI=1S/C30H47NO11/c1-6-9-11-17-37-28(34)41-24-15-14-23(20-25(24)42-29(35)38-18-12-10-7-2)21-30(31,26(32)36-5)16-19-39-27(33)40-22(4)13-8-3/h14-15,20,22H,6-13,16-19,21,31H2,1-5H3/t22-,30+/m0/s1. The Morgan fingerprint density at radius 3 is 1.90 bits per heavy atom. The molecule has 12 nitrogen and oxygen atoms in total. The highest BCUT2D eigenvalue weighted by Crippen LogP contribution is 2.31. The van der Waals surface area contributed by atoms with E-state index >= 15 is 0 Å². The van der Waals surface area contributed by atoms with Gasteiger partial charge in [-0.25, -0.2) is 14.4 Å². The maximum absolute atomic E-state index is 12.7. The van der Waals surface area contributed by atoms with Crippen LogP contribution >= 0.6 is 0 Å². The maximum atomic E-state index is 12.7. The lowest BCUT2D eigenvalue weighted by Crippen LogP contribution is -2.51. The van der Waals surface area contributed by atoms with E-state index in [0.29, 0.717) is 24.8 Å². The van der Waals surface area contributed by atoms with Gasteiger partial charge in [-0.2, -0.15) is 0 Å². The molecule has 42 heavy (non-hydrogen) atoms. The van der Waals surface area contributed by atoms with Crippen molar-refractivity contribution in [3.05, 3.63) is 23.8 Å². The van der Waals surface area contributed by atoms with Gasteiger partial charge in [0.1, 0.15) is 11.6 Å². The number of hydrogen-bond donors (Lipinski definition) is 1. The number of benzene rings is 1. The number of hydrogen-bond acceptors (Lipinski definition) is 12. The van der Waals surface area contributed by atoms with Gasteiger partial charge >= 0.3 is 24.4 Å². The maximum Gasteiger partial charge on any atom is 0.513 e. The first-order chi connectivity index (χ1) is 20.1. The summed E-state index contributed by atoms with van der Waals surface area (Å²) in [5.74, 6) is -0.958. The van der Waals surface area contributed by atoms with Crippen molar-refractivity contribution >= 4 is 24.4 Å². The molecular formula is C30H47NO11. The van der Waals surface area contributed by atoms with Gasteiger partial charge in [0.05, 0.1) is 26.9 Å². The van der Waals surface area contributed by atoms with E-state index in [2.05, 4.69) is 0 Å². The molecule has 0 unspecified atom stereocenters. The second kappa shape index (κ2) is 20.4. The molecule has 0 spiro atoms. The molecule has 0 saturated heterocycles. The van der Waals surface area contributed by atoms with Crippen LogP contribution in [0.2, 0.25) is 0 Å². The quantitative estimate of drug-likeness (QED) is 0.0828. The number of esters is 1. The number of unbranched alkanes of at least 4 members (excludes halogenated alkanes) is 4. The Morgan fingerprint density at radius 2 is 1.36 bits per heavy atom. The van der Waals surface area contributed by atoms with E-state index in [0.717, 1.165) is 32.1 Å². The third-order valence-electron chi connectivity index (χ3n) is 6.20. The lowest BCUT2D eigenvalue weighted by molar-refractivity contribution is -0.147. The van der Waals surface area contributed by atoms with Gasteiger partial charge in [0.2, 0.25) is 0 Å². The first-order valence-electron chi connectivity index (χ1n) is 14.6. The summed E-state index contributed by atoms with van der Waals surface area (Å²) in [6.45, 7) is 7.91. The van der Waals surface area contributed by atoms with E-state index in [1.165, 1.54) is 19.2 Å². The molecule has 0 aromatic heterocycles. The second-order valence-corrected chi connectivity index (χ2v) is 9.99. The highest BCUT2D eigenvalue weighted by atomic mass is 16.7. The molecule has 0 bridgehead atoms. The van der Waals surface area contributed by atoms with Crippen LogP contribution in [-0.2, 0) is 34.9 Å². The second-order valence-electron chi connectivity index (χ2n) is 9.99. The van der Waals surface area contributed by atoms with E-state index in [9.17, 15) is 19.2 Å². The monoisotopic (exact) mass is 597 g/mol. The van der Waals surface area contributed by atoms with E-state index < -0.39 is 30.0 Å². The molecule has 1 aromatic rings. The summed E-state index contributed by atoms with van der Waals surface area (Å²) >= 11 is 0. The highest BCUT2D eigenvalue weighted by molar-refractivity contribution is 5.81. The Hall–Kier alpha value is -3.54. The van der Waals surface area contributed by atoms with Crippen LogP contribution in [0.3, 0.4) is 0 Å². The summed E-state index contributed by atoms with van der Waals surface area (Å²) in [6, 6.07) is 4.34. The largest absolute Gasteiger partial charge is 0.513 e. The Morgan fingerprint density at radius 1 is 0.786 bits per heavy atom. The lowest BCUT2D eigenvalue weighted by atomic mass is 9.88. The van der Waals surface area contributed by atoms with E-state index in [-0.39, 0.29) is 50.3 Å². The molecule has 1 rings (SSSR count). The van der Waals surface area contributed by atoms with Crippen LogP contribution in [0.25, 0.3) is 0 Å². The molecule has 238 valence electrons. The first-order valence-corrected chi connectivity index (χ1v) is 14.6. The average Bonchev–Trinajstić information content (AvgIpc) is 2.94. The van der Waals surface area contributed by atoms with Gasteiger partial charge in [-0.3, -0.25) is 4.79 Å². The summed E-state index contributed by atoms with van der Waals surface area (Å²) in [7, 11) is 1.19. The SMILES string of the molecule is CCCCCOC(=O)Oc1ccc(C[C@](N)(CCOC(=O)O[C@@H](C)CCC)C(=O)OC)cc1OC(=O)OCCCCC. The third-order valence-corrected chi connectivity index (χ3v) is 6.20. The van der Waals surface area contributed by atoms with Gasteiger partial charge in [-0.1, -0.05) is 58.9 Å². The van der Waals surface area contributed by atoms with Crippen LogP contribution in [0, 0.1) is 0 Å². The summed E-state index contributed by atoms with van der Waals surface area (Å²) in [5, 5.41) is 0. The van der Waals surface area contributed by atoms with Crippen molar-refractivity contribution in [3.63, 3.8) is 0 Å². The highest BCUT2D eigenvalue weighted by Gasteiger charge is 2.36. The Kier molecular flexibility index (Phi) is 17.7. The molecule has 1 aromatic carbocycles. The molecule has 0 aliphatic rings.